The largest absolute Gasteiger partial charge is 0.386 e. The zero-order valence-corrected chi connectivity index (χ0v) is 14.8. The maximum Gasteiger partial charge on any atom is 0.257 e. The quantitative estimate of drug-likeness (QED) is 0.759. The van der Waals surface area contributed by atoms with E-state index in [1.165, 1.54) is 29.2 Å². The van der Waals surface area contributed by atoms with Gasteiger partial charge in [-0.1, -0.05) is 0 Å². The van der Waals surface area contributed by atoms with Crippen molar-refractivity contribution in [3.05, 3.63) is 48.0 Å². The number of hydrogen-bond acceptors (Lipinski definition) is 2. The number of aliphatic hydroxyl groups is 1. The van der Waals surface area contributed by atoms with Crippen LogP contribution < -0.4 is 0 Å². The first-order valence-electron chi connectivity index (χ1n) is 8.77. The molecule has 0 spiro atoms. The minimum absolute atomic E-state index is 0.0180. The van der Waals surface area contributed by atoms with Crippen LogP contribution in [0.1, 0.15) is 13.3 Å². The molecule has 1 fully saturated rings. The molecule has 0 bridgehead atoms. The second-order valence-corrected chi connectivity index (χ2v) is 7.42. The molecule has 7 heteroatoms. The monoisotopic (exact) mass is 376 g/mol. The molecule has 0 radical (unpaired) electrons. The summed E-state index contributed by atoms with van der Waals surface area (Å²) in [5.41, 5.74) is -0.0525. The highest BCUT2D eigenvalue weighted by molar-refractivity contribution is 6.08. The van der Waals surface area contributed by atoms with Crippen LogP contribution in [0.4, 0.5) is 13.2 Å². The lowest BCUT2D eigenvalue weighted by Crippen LogP contribution is -2.45. The number of aromatic nitrogens is 1. The third kappa shape index (κ3) is 3.16. The summed E-state index contributed by atoms with van der Waals surface area (Å²) >= 11 is 0. The molecule has 27 heavy (non-hydrogen) atoms. The van der Waals surface area contributed by atoms with E-state index in [1.54, 1.807) is 23.6 Å². The maximum absolute atomic E-state index is 13.7. The van der Waals surface area contributed by atoms with Gasteiger partial charge in [0.25, 0.3) is 5.91 Å². The summed E-state index contributed by atoms with van der Waals surface area (Å²) in [4.78, 5) is 13.2. The van der Waals surface area contributed by atoms with Crippen molar-refractivity contribution in [1.82, 2.24) is 9.47 Å². The highest BCUT2D eigenvalue weighted by atomic mass is 19.1. The molecule has 1 N–H and O–H groups in total. The molecule has 1 amide bonds. The number of fused-ring (bicyclic) bond motifs is 3. The zero-order chi connectivity index (χ0) is 19.3. The number of hydrogen-bond donors (Lipinski definition) is 1. The van der Waals surface area contributed by atoms with Gasteiger partial charge in [-0.05, 0) is 43.3 Å². The Kier molecular flexibility index (Phi) is 4.14. The molecule has 0 saturated carbocycles. The van der Waals surface area contributed by atoms with Gasteiger partial charge in [-0.2, -0.15) is 0 Å². The molecule has 0 aliphatic carbocycles. The molecule has 1 unspecified atom stereocenters. The Bertz CT molecular complexity index is 985. The van der Waals surface area contributed by atoms with Crippen molar-refractivity contribution in [2.24, 2.45) is 0 Å². The molecular weight excluding hydrogens is 357 g/mol. The summed E-state index contributed by atoms with van der Waals surface area (Å²) in [6.45, 7) is 1.90. The van der Waals surface area contributed by atoms with Gasteiger partial charge in [-0.15, -0.1) is 0 Å². The molecule has 2 heterocycles. The van der Waals surface area contributed by atoms with E-state index in [2.05, 4.69) is 0 Å². The van der Waals surface area contributed by atoms with Crippen LogP contribution in [0.2, 0.25) is 0 Å². The Balaban J connectivity index is 1.75. The molecule has 4 rings (SSSR count). The van der Waals surface area contributed by atoms with Crippen LogP contribution in [0.3, 0.4) is 0 Å². The second kappa shape index (κ2) is 6.27. The fourth-order valence-electron chi connectivity index (χ4n) is 3.88. The predicted molar refractivity (Wildman–Crippen MR) is 96.1 cm³/mol. The minimum Gasteiger partial charge on any atom is -0.386 e. The first-order chi connectivity index (χ1) is 12.7. The Morgan fingerprint density at radius 2 is 1.63 bits per heavy atom. The average molecular weight is 376 g/mol. The standard InChI is InChI=1S/C20H19F3N2O2/c1-20(27,10-24-7-6-16(23)19(24)26)11-25-17-4-2-12(21)8-14(17)15-9-13(22)3-5-18(15)25/h2-5,8-9,16,27H,6-7,10-11H2,1H3/t16-,20?/m1/s1. The predicted octanol–water partition coefficient (Wildman–Crippen LogP) is 3.39. The smallest absolute Gasteiger partial charge is 0.257 e. The summed E-state index contributed by atoms with van der Waals surface area (Å²) in [6, 6.07) is 8.44. The number of rotatable bonds is 4. The molecular formula is C20H19F3N2O2. The summed E-state index contributed by atoms with van der Waals surface area (Å²) in [7, 11) is 0. The first kappa shape index (κ1) is 17.9. The first-order valence-corrected chi connectivity index (χ1v) is 8.77. The number of amides is 1. The molecule has 4 nitrogen and oxygen atoms in total. The van der Waals surface area contributed by atoms with Gasteiger partial charge in [0.15, 0.2) is 6.17 Å². The topological polar surface area (TPSA) is 45.5 Å². The molecule has 1 saturated heterocycles. The van der Waals surface area contributed by atoms with E-state index in [1.807, 2.05) is 0 Å². The highest BCUT2D eigenvalue weighted by Crippen LogP contribution is 2.32. The van der Waals surface area contributed by atoms with Gasteiger partial charge < -0.3 is 14.6 Å². The Morgan fingerprint density at radius 1 is 1.07 bits per heavy atom. The summed E-state index contributed by atoms with van der Waals surface area (Å²) in [5.74, 6) is -1.48. The van der Waals surface area contributed by atoms with Gasteiger partial charge in [0.05, 0.1) is 18.7 Å². The number of benzene rings is 2. The fraction of sp³-hybridized carbons (Fsp3) is 0.350. The van der Waals surface area contributed by atoms with E-state index in [4.69, 9.17) is 0 Å². The van der Waals surface area contributed by atoms with E-state index in [0.717, 1.165) is 0 Å². The average Bonchev–Trinajstić information content (AvgIpc) is 3.06. The van der Waals surface area contributed by atoms with Crippen molar-refractivity contribution < 1.29 is 23.1 Å². The van der Waals surface area contributed by atoms with Crippen molar-refractivity contribution in [3.8, 4) is 0 Å². The number of alkyl halides is 1. The molecule has 142 valence electrons. The number of β-amino-alcohol motifs (C(OH)–C–C–N with tert-alkyl or cyclic N) is 1. The van der Waals surface area contributed by atoms with E-state index in [-0.39, 0.29) is 26.1 Å². The Hall–Kier alpha value is -2.54. The lowest BCUT2D eigenvalue weighted by molar-refractivity contribution is -0.134. The number of carbonyl (C=O) groups excluding carboxylic acids is 1. The van der Waals surface area contributed by atoms with Crippen molar-refractivity contribution in [2.75, 3.05) is 13.1 Å². The Labute approximate surface area is 153 Å². The van der Waals surface area contributed by atoms with E-state index in [0.29, 0.717) is 21.8 Å². The van der Waals surface area contributed by atoms with Gasteiger partial charge >= 0.3 is 0 Å². The summed E-state index contributed by atoms with van der Waals surface area (Å²) in [6.07, 6.45) is -1.39. The lowest BCUT2D eigenvalue weighted by Gasteiger charge is -2.30. The number of halogens is 3. The van der Waals surface area contributed by atoms with Crippen LogP contribution in [0.15, 0.2) is 36.4 Å². The minimum atomic E-state index is -1.51. The third-order valence-electron chi connectivity index (χ3n) is 5.05. The Morgan fingerprint density at radius 3 is 2.11 bits per heavy atom. The highest BCUT2D eigenvalue weighted by Gasteiger charge is 2.36. The van der Waals surface area contributed by atoms with E-state index in [9.17, 15) is 23.1 Å². The summed E-state index contributed by atoms with van der Waals surface area (Å²) in [5, 5.41) is 12.0. The van der Waals surface area contributed by atoms with Crippen LogP contribution >= 0.6 is 0 Å². The second-order valence-electron chi connectivity index (χ2n) is 7.42. The third-order valence-corrected chi connectivity index (χ3v) is 5.05. The van der Waals surface area contributed by atoms with Crippen LogP contribution in [0.25, 0.3) is 21.8 Å². The summed E-state index contributed by atoms with van der Waals surface area (Å²) < 4.78 is 42.7. The van der Waals surface area contributed by atoms with Gasteiger partial charge in [0.1, 0.15) is 11.6 Å². The molecule has 1 aliphatic heterocycles. The zero-order valence-electron chi connectivity index (χ0n) is 14.8. The molecule has 1 aliphatic rings. The van der Waals surface area contributed by atoms with E-state index >= 15 is 0 Å². The van der Waals surface area contributed by atoms with Crippen molar-refractivity contribution in [2.45, 2.75) is 31.7 Å². The molecule has 2 aromatic carbocycles. The van der Waals surface area contributed by atoms with Crippen LogP contribution in [0.5, 0.6) is 0 Å². The number of nitrogens with zero attached hydrogens (tertiary/aromatic N) is 2. The maximum atomic E-state index is 13.7. The van der Waals surface area contributed by atoms with Crippen LogP contribution in [-0.2, 0) is 11.3 Å². The fourth-order valence-corrected chi connectivity index (χ4v) is 3.88. The van der Waals surface area contributed by atoms with Crippen LogP contribution in [0, 0.1) is 11.6 Å². The van der Waals surface area contributed by atoms with Crippen molar-refractivity contribution >= 4 is 27.7 Å². The normalized spacial score (nSPS) is 20.0. The van der Waals surface area contributed by atoms with Crippen molar-refractivity contribution in [3.63, 3.8) is 0 Å². The van der Waals surface area contributed by atoms with E-state index < -0.39 is 29.3 Å². The number of carbonyl (C=O) groups is 1. The van der Waals surface area contributed by atoms with Gasteiger partial charge in [-0.25, -0.2) is 13.2 Å². The molecule has 2 atom stereocenters. The van der Waals surface area contributed by atoms with Gasteiger partial charge in [0, 0.05) is 34.8 Å². The SMILES string of the molecule is CC(O)(CN1CC[C@@H](F)C1=O)Cn1c2ccc(F)cc2c2cc(F)ccc21. The molecule has 3 aromatic rings. The van der Waals surface area contributed by atoms with Gasteiger partial charge in [0.2, 0.25) is 0 Å². The lowest BCUT2D eigenvalue weighted by atomic mass is 10.1. The number of likely N-dealkylation sites (tertiary alicyclic amines) is 1. The molecule has 1 aromatic heterocycles. The van der Waals surface area contributed by atoms with Crippen molar-refractivity contribution in [1.29, 1.82) is 0 Å². The van der Waals surface area contributed by atoms with Gasteiger partial charge in [-0.3, -0.25) is 4.79 Å². The van der Waals surface area contributed by atoms with Crippen LogP contribution in [-0.4, -0.2) is 45.3 Å².